The van der Waals surface area contributed by atoms with Crippen molar-refractivity contribution in [2.45, 2.75) is 20.4 Å². The third-order valence-electron chi connectivity index (χ3n) is 3.36. The summed E-state index contributed by atoms with van der Waals surface area (Å²) in [6, 6.07) is 10.0. The summed E-state index contributed by atoms with van der Waals surface area (Å²) in [6.07, 6.45) is 0. The third kappa shape index (κ3) is 2.34. The lowest BCUT2D eigenvalue weighted by Gasteiger charge is -2.08. The van der Waals surface area contributed by atoms with E-state index in [1.54, 1.807) is 0 Å². The Balaban J connectivity index is 2.06. The second-order valence-corrected chi connectivity index (χ2v) is 5.92. The average molecular weight is 351 g/mol. The Bertz CT molecular complexity index is 795. The summed E-state index contributed by atoms with van der Waals surface area (Å²) in [5.74, 6) is 0. The number of nitrogens with zero attached hydrogens (tertiary/aromatic N) is 3. The molecule has 0 saturated heterocycles. The summed E-state index contributed by atoms with van der Waals surface area (Å²) < 4.78 is 2.99. The van der Waals surface area contributed by atoms with Gasteiger partial charge in [-0.05, 0) is 41.9 Å². The van der Waals surface area contributed by atoms with Crippen LogP contribution in [0, 0.1) is 13.8 Å². The van der Waals surface area contributed by atoms with Gasteiger partial charge in [0.1, 0.15) is 5.15 Å². The zero-order chi connectivity index (χ0) is 14.3. The first-order valence-corrected chi connectivity index (χ1v) is 7.47. The maximum Gasteiger partial charge on any atom is 0.134 e. The molecule has 0 bridgehead atoms. The van der Waals surface area contributed by atoms with Gasteiger partial charge in [-0.1, -0.05) is 29.8 Å². The van der Waals surface area contributed by atoms with Gasteiger partial charge in [-0.25, -0.2) is 4.98 Å². The van der Waals surface area contributed by atoms with Crippen molar-refractivity contribution in [2.75, 3.05) is 0 Å². The number of para-hydroxylation sites is 1. The van der Waals surface area contributed by atoms with Crippen molar-refractivity contribution in [3.8, 4) is 0 Å². The van der Waals surface area contributed by atoms with E-state index in [9.17, 15) is 0 Å². The Labute approximate surface area is 130 Å². The summed E-state index contributed by atoms with van der Waals surface area (Å²) in [7, 11) is 0. The first kappa shape index (κ1) is 13.6. The van der Waals surface area contributed by atoms with Crippen LogP contribution in [0.5, 0.6) is 0 Å². The van der Waals surface area contributed by atoms with Gasteiger partial charge in [-0.3, -0.25) is 4.68 Å². The second-order valence-electron chi connectivity index (χ2n) is 4.77. The molecule has 1 aromatic carbocycles. The van der Waals surface area contributed by atoms with Crippen LogP contribution in [0.1, 0.15) is 17.0 Å². The number of hydrogen-bond donors (Lipinski definition) is 0. The van der Waals surface area contributed by atoms with Crippen LogP contribution in [0.3, 0.4) is 0 Å². The molecule has 20 heavy (non-hydrogen) atoms. The minimum atomic E-state index is 0.535. The molecule has 5 heteroatoms. The van der Waals surface area contributed by atoms with Crippen molar-refractivity contribution in [3.05, 3.63) is 56.9 Å². The number of benzene rings is 1. The number of hydrogen-bond acceptors (Lipinski definition) is 2. The highest BCUT2D eigenvalue weighted by molar-refractivity contribution is 9.10. The largest absolute Gasteiger partial charge is 0.264 e. The van der Waals surface area contributed by atoms with Gasteiger partial charge in [0.2, 0.25) is 0 Å². The van der Waals surface area contributed by atoms with Gasteiger partial charge in [0.15, 0.2) is 0 Å². The van der Waals surface area contributed by atoms with Gasteiger partial charge < -0.3 is 0 Å². The van der Waals surface area contributed by atoms with Gasteiger partial charge in [0.25, 0.3) is 0 Å². The smallest absolute Gasteiger partial charge is 0.134 e. The fourth-order valence-electron chi connectivity index (χ4n) is 2.24. The molecule has 2 aromatic heterocycles. The molecular weight excluding hydrogens is 338 g/mol. The second kappa shape index (κ2) is 5.19. The number of pyridine rings is 1. The standard InChI is InChI=1S/C15H13BrClN3/c1-9-14(16)10(2)20(19-9)8-12-7-11-5-3-4-6-13(11)18-15(12)17/h3-7H,8H2,1-2H3. The zero-order valence-electron chi connectivity index (χ0n) is 11.2. The predicted molar refractivity (Wildman–Crippen MR) is 85.3 cm³/mol. The number of halogens is 2. The lowest BCUT2D eigenvalue weighted by atomic mass is 10.1. The summed E-state index contributed by atoms with van der Waals surface area (Å²) in [4.78, 5) is 4.44. The van der Waals surface area contributed by atoms with Crippen molar-refractivity contribution >= 4 is 38.4 Å². The molecule has 3 aromatic rings. The minimum Gasteiger partial charge on any atom is -0.264 e. The normalized spacial score (nSPS) is 11.2. The molecule has 0 aliphatic heterocycles. The topological polar surface area (TPSA) is 30.7 Å². The van der Waals surface area contributed by atoms with Crippen molar-refractivity contribution in [2.24, 2.45) is 0 Å². The van der Waals surface area contributed by atoms with E-state index in [4.69, 9.17) is 11.6 Å². The molecule has 0 spiro atoms. The quantitative estimate of drug-likeness (QED) is 0.637. The molecule has 102 valence electrons. The molecule has 0 fully saturated rings. The monoisotopic (exact) mass is 349 g/mol. The predicted octanol–water partition coefficient (Wildman–Crippen LogP) is 4.51. The van der Waals surface area contributed by atoms with E-state index in [0.717, 1.165) is 32.3 Å². The molecule has 0 unspecified atom stereocenters. The molecule has 0 aliphatic rings. The van der Waals surface area contributed by atoms with E-state index >= 15 is 0 Å². The Morgan fingerprint density at radius 2 is 2.00 bits per heavy atom. The van der Waals surface area contributed by atoms with Crippen molar-refractivity contribution in [1.82, 2.24) is 14.8 Å². The Hall–Kier alpha value is -1.39. The lowest BCUT2D eigenvalue weighted by Crippen LogP contribution is -2.05. The van der Waals surface area contributed by atoms with E-state index in [0.29, 0.717) is 11.7 Å². The van der Waals surface area contributed by atoms with Gasteiger partial charge in [0.05, 0.1) is 27.9 Å². The van der Waals surface area contributed by atoms with Crippen LogP contribution in [0.4, 0.5) is 0 Å². The van der Waals surface area contributed by atoms with E-state index in [-0.39, 0.29) is 0 Å². The summed E-state index contributed by atoms with van der Waals surface area (Å²) >= 11 is 9.83. The summed E-state index contributed by atoms with van der Waals surface area (Å²) in [5.41, 5.74) is 3.96. The number of aryl methyl sites for hydroxylation is 1. The van der Waals surface area contributed by atoms with Gasteiger partial charge in [0, 0.05) is 10.9 Å². The molecule has 2 heterocycles. The van der Waals surface area contributed by atoms with Gasteiger partial charge >= 0.3 is 0 Å². The van der Waals surface area contributed by atoms with Gasteiger partial charge in [-0.2, -0.15) is 5.10 Å². The van der Waals surface area contributed by atoms with E-state index in [2.05, 4.69) is 32.1 Å². The Morgan fingerprint density at radius 1 is 1.25 bits per heavy atom. The molecule has 0 atom stereocenters. The first-order chi connectivity index (χ1) is 9.56. The third-order valence-corrected chi connectivity index (χ3v) is 4.84. The van der Waals surface area contributed by atoms with Crippen LogP contribution in [-0.2, 0) is 6.54 Å². The van der Waals surface area contributed by atoms with Crippen LogP contribution in [-0.4, -0.2) is 14.8 Å². The van der Waals surface area contributed by atoms with Crippen molar-refractivity contribution < 1.29 is 0 Å². The SMILES string of the molecule is Cc1nn(Cc2cc3ccccc3nc2Cl)c(C)c1Br. The van der Waals surface area contributed by atoms with Gasteiger partial charge in [-0.15, -0.1) is 0 Å². The molecular formula is C15H13BrClN3. The number of rotatable bonds is 2. The first-order valence-electron chi connectivity index (χ1n) is 6.30. The maximum atomic E-state index is 6.29. The highest BCUT2D eigenvalue weighted by Crippen LogP contribution is 2.24. The number of aromatic nitrogens is 3. The zero-order valence-corrected chi connectivity index (χ0v) is 13.5. The van der Waals surface area contributed by atoms with E-state index < -0.39 is 0 Å². The van der Waals surface area contributed by atoms with E-state index in [1.807, 2.05) is 42.8 Å². The molecule has 0 amide bonds. The van der Waals surface area contributed by atoms with Crippen LogP contribution in [0.2, 0.25) is 5.15 Å². The number of fused-ring (bicyclic) bond motifs is 1. The van der Waals surface area contributed by atoms with Crippen LogP contribution in [0.25, 0.3) is 10.9 Å². The molecule has 0 radical (unpaired) electrons. The fraction of sp³-hybridized carbons (Fsp3) is 0.200. The van der Waals surface area contributed by atoms with Crippen LogP contribution >= 0.6 is 27.5 Å². The van der Waals surface area contributed by atoms with Crippen molar-refractivity contribution in [3.63, 3.8) is 0 Å². The average Bonchev–Trinajstić information content (AvgIpc) is 2.67. The Kier molecular flexibility index (Phi) is 3.52. The summed E-state index contributed by atoms with van der Waals surface area (Å²) in [6.45, 7) is 4.63. The fourth-order valence-corrected chi connectivity index (χ4v) is 2.73. The van der Waals surface area contributed by atoms with Crippen LogP contribution < -0.4 is 0 Å². The highest BCUT2D eigenvalue weighted by atomic mass is 79.9. The molecule has 0 saturated carbocycles. The molecule has 3 nitrogen and oxygen atoms in total. The minimum absolute atomic E-state index is 0.535. The van der Waals surface area contributed by atoms with Crippen molar-refractivity contribution in [1.29, 1.82) is 0 Å². The van der Waals surface area contributed by atoms with E-state index in [1.165, 1.54) is 0 Å². The lowest BCUT2D eigenvalue weighted by molar-refractivity contribution is 0.658. The molecule has 3 rings (SSSR count). The van der Waals surface area contributed by atoms with Crippen LogP contribution in [0.15, 0.2) is 34.8 Å². The highest BCUT2D eigenvalue weighted by Gasteiger charge is 2.11. The molecule has 0 aliphatic carbocycles. The maximum absolute atomic E-state index is 6.29. The summed E-state index contributed by atoms with van der Waals surface area (Å²) in [5, 5.41) is 6.13. The Morgan fingerprint density at radius 3 is 2.70 bits per heavy atom. The molecule has 0 N–H and O–H groups in total.